The lowest BCUT2D eigenvalue weighted by Gasteiger charge is -2.35. The number of aryl methyl sites for hydroxylation is 1. The first-order valence-electron chi connectivity index (χ1n) is 10.7. The Morgan fingerprint density at radius 1 is 0.966 bits per heavy atom. The van der Waals surface area contributed by atoms with Crippen LogP contribution < -0.4 is 4.74 Å². The van der Waals surface area contributed by atoms with E-state index in [4.69, 9.17) is 4.74 Å². The minimum absolute atomic E-state index is 0.0153. The van der Waals surface area contributed by atoms with E-state index in [0.29, 0.717) is 13.2 Å². The Balaban J connectivity index is 1.45. The molecule has 2 aromatic carbocycles. The molecule has 0 radical (unpaired) electrons. The molecule has 29 heavy (non-hydrogen) atoms. The summed E-state index contributed by atoms with van der Waals surface area (Å²) in [5.41, 5.74) is 3.80. The van der Waals surface area contributed by atoms with Crippen LogP contribution >= 0.6 is 0 Å². The number of nitrogens with zero attached hydrogens (tertiary/aromatic N) is 2. The summed E-state index contributed by atoms with van der Waals surface area (Å²) in [7, 11) is 0. The van der Waals surface area contributed by atoms with E-state index in [1.54, 1.807) is 0 Å². The molecule has 1 fully saturated rings. The normalized spacial score (nSPS) is 17.3. The van der Waals surface area contributed by atoms with Crippen LogP contribution in [0.4, 0.5) is 0 Å². The van der Waals surface area contributed by atoms with Gasteiger partial charge >= 0.3 is 0 Å². The quantitative estimate of drug-likeness (QED) is 0.771. The summed E-state index contributed by atoms with van der Waals surface area (Å²) in [5, 5.41) is 10.5. The summed E-state index contributed by atoms with van der Waals surface area (Å²) in [4.78, 5) is 4.83. The van der Waals surface area contributed by atoms with Gasteiger partial charge < -0.3 is 9.84 Å². The number of aliphatic hydroxyl groups excluding tert-OH is 1. The van der Waals surface area contributed by atoms with Crippen molar-refractivity contribution >= 4 is 0 Å². The van der Waals surface area contributed by atoms with Gasteiger partial charge in [-0.15, -0.1) is 0 Å². The van der Waals surface area contributed by atoms with E-state index in [-0.39, 0.29) is 5.41 Å². The van der Waals surface area contributed by atoms with Crippen molar-refractivity contribution in [3.63, 3.8) is 0 Å². The van der Waals surface area contributed by atoms with Crippen LogP contribution in [0.1, 0.15) is 37.5 Å². The zero-order valence-electron chi connectivity index (χ0n) is 18.4. The second-order valence-corrected chi connectivity index (χ2v) is 9.28. The summed E-state index contributed by atoms with van der Waals surface area (Å²) in [6, 6.07) is 16.9. The molecule has 1 atom stereocenters. The maximum atomic E-state index is 10.5. The van der Waals surface area contributed by atoms with Gasteiger partial charge in [0.2, 0.25) is 0 Å². The molecule has 1 heterocycles. The van der Waals surface area contributed by atoms with Gasteiger partial charge in [0.05, 0.1) is 0 Å². The van der Waals surface area contributed by atoms with Crippen molar-refractivity contribution in [1.29, 1.82) is 0 Å². The van der Waals surface area contributed by atoms with E-state index < -0.39 is 6.10 Å². The van der Waals surface area contributed by atoms with Crippen LogP contribution in [0.2, 0.25) is 0 Å². The Hall–Kier alpha value is -1.88. The smallest absolute Gasteiger partial charge is 0.123 e. The van der Waals surface area contributed by atoms with Gasteiger partial charge in [-0.3, -0.25) is 9.80 Å². The molecule has 1 aliphatic rings. The van der Waals surface area contributed by atoms with Gasteiger partial charge in [-0.25, -0.2) is 0 Å². The van der Waals surface area contributed by atoms with Crippen molar-refractivity contribution in [2.24, 2.45) is 0 Å². The number of rotatable bonds is 7. The third kappa shape index (κ3) is 6.56. The second kappa shape index (κ2) is 9.75. The minimum atomic E-state index is -0.482. The fourth-order valence-corrected chi connectivity index (χ4v) is 3.86. The van der Waals surface area contributed by atoms with Crippen LogP contribution in [-0.4, -0.2) is 60.3 Å². The molecule has 0 amide bonds. The fourth-order valence-electron chi connectivity index (χ4n) is 3.86. The highest BCUT2D eigenvalue weighted by molar-refractivity contribution is 5.41. The van der Waals surface area contributed by atoms with Crippen LogP contribution in [0.15, 0.2) is 48.5 Å². The molecule has 2 aromatic rings. The summed E-state index contributed by atoms with van der Waals surface area (Å²) in [5.74, 6) is 0.884. The first kappa shape index (κ1) is 21.8. The SMILES string of the molecule is Cc1ccc(OC[C@@H](O)CN2CCN(Cc3ccccc3)CC2)c(C(C)(C)C)c1. The van der Waals surface area contributed by atoms with Crippen molar-refractivity contribution in [3.05, 3.63) is 65.2 Å². The van der Waals surface area contributed by atoms with Gasteiger partial charge in [0.1, 0.15) is 18.5 Å². The topological polar surface area (TPSA) is 35.9 Å². The van der Waals surface area contributed by atoms with E-state index in [0.717, 1.165) is 38.5 Å². The number of β-amino-alcohol motifs (C(OH)–C–C–N with tert-alkyl or cyclic N) is 1. The molecule has 0 spiro atoms. The molecular weight excluding hydrogens is 360 g/mol. The molecule has 4 heteroatoms. The average molecular weight is 397 g/mol. The zero-order chi connectivity index (χ0) is 20.9. The molecule has 0 aliphatic carbocycles. The number of hydrogen-bond donors (Lipinski definition) is 1. The van der Waals surface area contributed by atoms with Crippen molar-refractivity contribution in [1.82, 2.24) is 9.80 Å². The highest BCUT2D eigenvalue weighted by Crippen LogP contribution is 2.32. The van der Waals surface area contributed by atoms with Gasteiger partial charge in [0, 0.05) is 39.3 Å². The van der Waals surface area contributed by atoms with E-state index in [1.165, 1.54) is 16.7 Å². The fraction of sp³-hybridized carbons (Fsp3) is 0.520. The Bertz CT molecular complexity index is 762. The first-order valence-corrected chi connectivity index (χ1v) is 10.7. The third-order valence-electron chi connectivity index (χ3n) is 5.56. The number of hydrogen-bond acceptors (Lipinski definition) is 4. The van der Waals surface area contributed by atoms with Crippen LogP contribution in [-0.2, 0) is 12.0 Å². The maximum Gasteiger partial charge on any atom is 0.123 e. The number of ether oxygens (including phenoxy) is 1. The Morgan fingerprint density at radius 2 is 1.62 bits per heavy atom. The molecule has 0 bridgehead atoms. The number of aliphatic hydroxyl groups is 1. The standard InChI is InChI=1S/C25H36N2O2/c1-20-10-11-24(23(16-20)25(2,3)4)29-19-22(28)18-27-14-12-26(13-15-27)17-21-8-6-5-7-9-21/h5-11,16,22,28H,12-15,17-19H2,1-4H3/t22-/m0/s1. The lowest BCUT2D eigenvalue weighted by molar-refractivity contribution is 0.0442. The molecule has 0 saturated carbocycles. The van der Waals surface area contributed by atoms with Crippen LogP contribution in [0.3, 0.4) is 0 Å². The van der Waals surface area contributed by atoms with Crippen molar-refractivity contribution in [3.8, 4) is 5.75 Å². The van der Waals surface area contributed by atoms with Crippen LogP contribution in [0, 0.1) is 6.92 Å². The van der Waals surface area contributed by atoms with Crippen molar-refractivity contribution in [2.75, 3.05) is 39.3 Å². The van der Waals surface area contributed by atoms with Gasteiger partial charge in [0.25, 0.3) is 0 Å². The van der Waals surface area contributed by atoms with Crippen LogP contribution in [0.5, 0.6) is 5.75 Å². The lowest BCUT2D eigenvalue weighted by atomic mass is 9.85. The molecule has 3 rings (SSSR count). The van der Waals surface area contributed by atoms with Gasteiger partial charge in [-0.1, -0.05) is 68.8 Å². The summed E-state index contributed by atoms with van der Waals surface area (Å²) >= 11 is 0. The Morgan fingerprint density at radius 3 is 2.28 bits per heavy atom. The van der Waals surface area contributed by atoms with E-state index in [2.05, 4.69) is 80.0 Å². The molecule has 158 valence electrons. The van der Waals surface area contributed by atoms with Gasteiger partial charge in [0.15, 0.2) is 0 Å². The predicted molar refractivity (Wildman–Crippen MR) is 120 cm³/mol. The summed E-state index contributed by atoms with van der Waals surface area (Å²) in [6.45, 7) is 14.7. The molecule has 0 unspecified atom stereocenters. The monoisotopic (exact) mass is 396 g/mol. The first-order chi connectivity index (χ1) is 13.8. The third-order valence-corrected chi connectivity index (χ3v) is 5.56. The molecular formula is C25H36N2O2. The molecule has 1 saturated heterocycles. The molecule has 0 aromatic heterocycles. The molecule has 1 N–H and O–H groups in total. The average Bonchev–Trinajstić information content (AvgIpc) is 2.68. The Labute approximate surface area is 176 Å². The van der Waals surface area contributed by atoms with Crippen molar-refractivity contribution in [2.45, 2.75) is 45.8 Å². The molecule has 1 aliphatic heterocycles. The summed E-state index contributed by atoms with van der Waals surface area (Å²) < 4.78 is 6.04. The number of benzene rings is 2. The van der Waals surface area contributed by atoms with E-state index in [9.17, 15) is 5.11 Å². The largest absolute Gasteiger partial charge is 0.491 e. The highest BCUT2D eigenvalue weighted by Gasteiger charge is 2.22. The second-order valence-electron chi connectivity index (χ2n) is 9.28. The van der Waals surface area contributed by atoms with Gasteiger partial charge in [-0.2, -0.15) is 0 Å². The van der Waals surface area contributed by atoms with E-state index >= 15 is 0 Å². The highest BCUT2D eigenvalue weighted by atomic mass is 16.5. The predicted octanol–water partition coefficient (Wildman–Crippen LogP) is 3.85. The lowest BCUT2D eigenvalue weighted by Crippen LogP contribution is -2.48. The zero-order valence-corrected chi connectivity index (χ0v) is 18.4. The number of piperazine rings is 1. The maximum absolute atomic E-state index is 10.5. The van der Waals surface area contributed by atoms with E-state index in [1.807, 2.05) is 6.07 Å². The van der Waals surface area contributed by atoms with Crippen LogP contribution in [0.25, 0.3) is 0 Å². The van der Waals surface area contributed by atoms with Crippen molar-refractivity contribution < 1.29 is 9.84 Å². The molecule has 4 nitrogen and oxygen atoms in total. The van der Waals surface area contributed by atoms with Gasteiger partial charge in [-0.05, 0) is 29.5 Å². The Kier molecular flexibility index (Phi) is 7.33. The summed E-state index contributed by atoms with van der Waals surface area (Å²) in [6.07, 6.45) is -0.482. The minimum Gasteiger partial charge on any atom is -0.491 e.